The SMILES string of the molecule is NS(=O)(=O)c1ccc(C(=O)NCCc2ccccc2F)o1. The summed E-state index contributed by atoms with van der Waals surface area (Å²) in [6, 6.07) is 8.54. The predicted molar refractivity (Wildman–Crippen MR) is 72.5 cm³/mol. The smallest absolute Gasteiger partial charge is 0.287 e. The number of carbonyl (C=O) groups excluding carboxylic acids is 1. The predicted octanol–water partition coefficient (Wildman–Crippen LogP) is 1.04. The van der Waals surface area contributed by atoms with Crippen molar-refractivity contribution in [3.63, 3.8) is 0 Å². The van der Waals surface area contributed by atoms with Crippen molar-refractivity contribution in [3.8, 4) is 0 Å². The lowest BCUT2D eigenvalue weighted by atomic mass is 10.1. The maximum Gasteiger partial charge on any atom is 0.287 e. The van der Waals surface area contributed by atoms with Crippen molar-refractivity contribution in [2.75, 3.05) is 6.54 Å². The van der Waals surface area contributed by atoms with Crippen LogP contribution < -0.4 is 10.5 Å². The zero-order valence-electron chi connectivity index (χ0n) is 10.9. The van der Waals surface area contributed by atoms with Crippen LogP contribution in [0, 0.1) is 5.82 Å². The van der Waals surface area contributed by atoms with Gasteiger partial charge in [0.25, 0.3) is 15.9 Å². The van der Waals surface area contributed by atoms with Crippen molar-refractivity contribution >= 4 is 15.9 Å². The third kappa shape index (κ3) is 3.89. The highest BCUT2D eigenvalue weighted by atomic mass is 32.2. The van der Waals surface area contributed by atoms with E-state index in [-0.39, 0.29) is 18.1 Å². The average molecular weight is 312 g/mol. The number of hydrogen-bond acceptors (Lipinski definition) is 4. The standard InChI is InChI=1S/C13H13FN2O4S/c14-10-4-2-1-3-9(10)7-8-16-13(17)11-5-6-12(20-11)21(15,18)19/h1-6H,7-8H2,(H,16,17)(H2,15,18,19). The molecule has 1 aromatic heterocycles. The Hall–Kier alpha value is -2.19. The van der Waals surface area contributed by atoms with E-state index in [0.29, 0.717) is 12.0 Å². The summed E-state index contributed by atoms with van der Waals surface area (Å²) < 4.78 is 40.2. The van der Waals surface area contributed by atoms with Crippen molar-refractivity contribution in [3.05, 3.63) is 53.5 Å². The van der Waals surface area contributed by atoms with Crippen LogP contribution in [0.1, 0.15) is 16.1 Å². The van der Waals surface area contributed by atoms with E-state index in [1.54, 1.807) is 18.2 Å². The molecule has 0 aliphatic heterocycles. The molecular formula is C13H13FN2O4S. The van der Waals surface area contributed by atoms with Gasteiger partial charge in [-0.1, -0.05) is 18.2 Å². The first kappa shape index (κ1) is 15.2. The molecule has 0 radical (unpaired) electrons. The van der Waals surface area contributed by atoms with Gasteiger partial charge >= 0.3 is 0 Å². The molecule has 0 bridgehead atoms. The highest BCUT2D eigenvalue weighted by molar-refractivity contribution is 7.89. The van der Waals surface area contributed by atoms with E-state index in [4.69, 9.17) is 9.56 Å². The summed E-state index contributed by atoms with van der Waals surface area (Å²) in [5, 5.41) is 6.89. The number of benzene rings is 1. The highest BCUT2D eigenvalue weighted by Crippen LogP contribution is 2.12. The van der Waals surface area contributed by atoms with Crippen LogP contribution in [0.4, 0.5) is 4.39 Å². The van der Waals surface area contributed by atoms with Gasteiger partial charge in [0.2, 0.25) is 5.09 Å². The third-order valence-corrected chi connectivity index (χ3v) is 3.50. The van der Waals surface area contributed by atoms with Crippen molar-refractivity contribution in [2.45, 2.75) is 11.5 Å². The monoisotopic (exact) mass is 312 g/mol. The lowest BCUT2D eigenvalue weighted by molar-refractivity contribution is 0.0921. The number of rotatable bonds is 5. The molecule has 3 N–H and O–H groups in total. The van der Waals surface area contributed by atoms with E-state index in [0.717, 1.165) is 6.07 Å². The van der Waals surface area contributed by atoms with E-state index in [1.807, 2.05) is 0 Å². The van der Waals surface area contributed by atoms with Crippen LogP contribution in [0.2, 0.25) is 0 Å². The molecule has 0 aliphatic rings. The summed E-state index contributed by atoms with van der Waals surface area (Å²) in [7, 11) is -3.98. The second kappa shape index (κ2) is 6.06. The molecule has 0 spiro atoms. The zero-order chi connectivity index (χ0) is 15.5. The normalized spacial score (nSPS) is 11.3. The number of halogens is 1. The van der Waals surface area contributed by atoms with Crippen LogP contribution in [0.3, 0.4) is 0 Å². The minimum Gasteiger partial charge on any atom is -0.438 e. The van der Waals surface area contributed by atoms with E-state index < -0.39 is 21.0 Å². The first-order valence-corrected chi connectivity index (χ1v) is 7.57. The van der Waals surface area contributed by atoms with Crippen molar-refractivity contribution < 1.29 is 22.0 Å². The molecule has 2 rings (SSSR count). The van der Waals surface area contributed by atoms with Gasteiger partial charge < -0.3 is 9.73 Å². The Kier molecular flexibility index (Phi) is 4.39. The van der Waals surface area contributed by atoms with Crippen molar-refractivity contribution in [1.82, 2.24) is 5.32 Å². The van der Waals surface area contributed by atoms with Crippen molar-refractivity contribution in [1.29, 1.82) is 0 Å². The Balaban J connectivity index is 1.94. The fraction of sp³-hybridized carbons (Fsp3) is 0.154. The largest absolute Gasteiger partial charge is 0.438 e. The molecule has 8 heteroatoms. The van der Waals surface area contributed by atoms with E-state index in [9.17, 15) is 17.6 Å². The molecule has 1 amide bonds. The molecule has 0 fully saturated rings. The summed E-state index contributed by atoms with van der Waals surface area (Å²) in [6.45, 7) is 0.186. The number of hydrogen-bond donors (Lipinski definition) is 2. The lowest BCUT2D eigenvalue weighted by Crippen LogP contribution is -2.25. The summed E-state index contributed by atoms with van der Waals surface area (Å²) in [5.74, 6) is -1.12. The van der Waals surface area contributed by atoms with Crippen LogP contribution in [-0.4, -0.2) is 20.9 Å². The number of nitrogens with two attached hydrogens (primary N) is 1. The van der Waals surface area contributed by atoms with Gasteiger partial charge in [-0.25, -0.2) is 17.9 Å². The van der Waals surface area contributed by atoms with Gasteiger partial charge in [0.05, 0.1) is 0 Å². The van der Waals surface area contributed by atoms with Gasteiger partial charge in [-0.05, 0) is 30.2 Å². The van der Waals surface area contributed by atoms with Gasteiger partial charge in [-0.2, -0.15) is 0 Å². The topological polar surface area (TPSA) is 102 Å². The number of primary sulfonamides is 1. The molecule has 0 saturated heterocycles. The maximum atomic E-state index is 13.4. The molecule has 21 heavy (non-hydrogen) atoms. The van der Waals surface area contributed by atoms with Gasteiger partial charge in [-0.3, -0.25) is 4.79 Å². The molecule has 2 aromatic rings. The maximum absolute atomic E-state index is 13.4. The van der Waals surface area contributed by atoms with Crippen LogP contribution in [0.15, 0.2) is 45.9 Å². The Bertz CT molecular complexity index is 755. The fourth-order valence-corrected chi connectivity index (χ4v) is 2.16. The number of nitrogens with one attached hydrogen (secondary N) is 1. The molecule has 0 atom stereocenters. The van der Waals surface area contributed by atoms with Gasteiger partial charge in [0.1, 0.15) is 5.82 Å². The minimum absolute atomic E-state index is 0.174. The first-order chi connectivity index (χ1) is 9.88. The van der Waals surface area contributed by atoms with Crippen LogP contribution >= 0.6 is 0 Å². The minimum atomic E-state index is -3.98. The Morgan fingerprint density at radius 3 is 2.57 bits per heavy atom. The third-order valence-electron chi connectivity index (χ3n) is 2.72. The molecule has 0 unspecified atom stereocenters. The summed E-state index contributed by atoms with van der Waals surface area (Å²) >= 11 is 0. The van der Waals surface area contributed by atoms with Crippen LogP contribution in [-0.2, 0) is 16.4 Å². The number of sulfonamides is 1. The highest BCUT2D eigenvalue weighted by Gasteiger charge is 2.17. The molecule has 1 aromatic carbocycles. The molecule has 112 valence electrons. The van der Waals surface area contributed by atoms with Gasteiger partial charge in [0.15, 0.2) is 5.76 Å². The van der Waals surface area contributed by atoms with E-state index >= 15 is 0 Å². The molecule has 0 aliphatic carbocycles. The summed E-state index contributed by atoms with van der Waals surface area (Å²) in [6.07, 6.45) is 0.307. The van der Waals surface area contributed by atoms with Gasteiger partial charge in [0, 0.05) is 6.54 Å². The Labute approximate surface area is 120 Å². The molecule has 0 saturated carbocycles. The number of carbonyl (C=O) groups is 1. The summed E-state index contributed by atoms with van der Waals surface area (Å²) in [4.78, 5) is 11.7. The Morgan fingerprint density at radius 2 is 1.95 bits per heavy atom. The van der Waals surface area contributed by atoms with Crippen molar-refractivity contribution in [2.24, 2.45) is 5.14 Å². The first-order valence-electron chi connectivity index (χ1n) is 6.02. The second-order valence-corrected chi connectivity index (χ2v) is 5.75. The lowest BCUT2D eigenvalue weighted by Gasteiger charge is -2.04. The number of amides is 1. The van der Waals surface area contributed by atoms with Crippen LogP contribution in [0.5, 0.6) is 0 Å². The average Bonchev–Trinajstić information content (AvgIpc) is 2.90. The van der Waals surface area contributed by atoms with Crippen LogP contribution in [0.25, 0.3) is 0 Å². The zero-order valence-corrected chi connectivity index (χ0v) is 11.7. The quantitative estimate of drug-likeness (QED) is 0.861. The van der Waals surface area contributed by atoms with E-state index in [2.05, 4.69) is 5.32 Å². The molecule has 6 nitrogen and oxygen atoms in total. The number of furan rings is 1. The summed E-state index contributed by atoms with van der Waals surface area (Å²) in [5.41, 5.74) is 0.475. The van der Waals surface area contributed by atoms with Gasteiger partial charge in [-0.15, -0.1) is 0 Å². The molecule has 1 heterocycles. The molecular weight excluding hydrogens is 299 g/mol. The second-order valence-electron chi connectivity index (χ2n) is 4.26. The fourth-order valence-electron chi connectivity index (χ4n) is 1.69. The van der Waals surface area contributed by atoms with E-state index in [1.165, 1.54) is 12.1 Å². The Morgan fingerprint density at radius 1 is 1.24 bits per heavy atom.